The van der Waals surface area contributed by atoms with E-state index < -0.39 is 0 Å². The molecule has 1 N–H and O–H groups in total. The average Bonchev–Trinajstić information content (AvgIpc) is 2.66. The molecule has 0 atom stereocenters. The van der Waals surface area contributed by atoms with Crippen LogP contribution in [-0.4, -0.2) is 6.54 Å². The number of halogens is 2. The smallest absolute Gasteiger partial charge is 0.124 e. The van der Waals surface area contributed by atoms with Gasteiger partial charge in [-0.15, -0.1) is 0 Å². The van der Waals surface area contributed by atoms with E-state index in [4.69, 9.17) is 16.3 Å². The maximum absolute atomic E-state index is 13.1. The SMILES string of the molecule is Fc1ccc(COc2cccc(CNCCC3=CCCCC3)c2)c(Cl)c1. The van der Waals surface area contributed by atoms with Crippen LogP contribution in [0.25, 0.3) is 0 Å². The molecule has 4 heteroatoms. The van der Waals surface area contributed by atoms with Gasteiger partial charge in [-0.3, -0.25) is 0 Å². The number of allylic oxidation sites excluding steroid dienone is 1. The summed E-state index contributed by atoms with van der Waals surface area (Å²) in [6.07, 6.45) is 8.72. The Morgan fingerprint density at radius 3 is 2.85 bits per heavy atom. The fourth-order valence-corrected chi connectivity index (χ4v) is 3.38. The number of hydrogen-bond donors (Lipinski definition) is 1. The van der Waals surface area contributed by atoms with Gasteiger partial charge in [0.2, 0.25) is 0 Å². The van der Waals surface area contributed by atoms with Crippen molar-refractivity contribution >= 4 is 11.6 Å². The Morgan fingerprint density at radius 2 is 2.04 bits per heavy atom. The van der Waals surface area contributed by atoms with Crippen molar-refractivity contribution in [2.45, 2.75) is 45.3 Å². The molecule has 1 aliphatic carbocycles. The van der Waals surface area contributed by atoms with Crippen LogP contribution in [0, 0.1) is 5.82 Å². The number of rotatable bonds is 8. The Hall–Kier alpha value is -1.84. The zero-order chi connectivity index (χ0) is 18.2. The molecule has 26 heavy (non-hydrogen) atoms. The first-order chi connectivity index (χ1) is 12.7. The van der Waals surface area contributed by atoms with Gasteiger partial charge in [0, 0.05) is 12.1 Å². The first kappa shape index (κ1) is 18.9. The Morgan fingerprint density at radius 1 is 1.12 bits per heavy atom. The van der Waals surface area contributed by atoms with Crippen molar-refractivity contribution in [3.8, 4) is 5.75 Å². The van der Waals surface area contributed by atoms with Crippen LogP contribution >= 0.6 is 11.6 Å². The predicted octanol–water partition coefficient (Wildman–Crippen LogP) is 6.04. The topological polar surface area (TPSA) is 21.3 Å². The van der Waals surface area contributed by atoms with E-state index in [0.717, 1.165) is 30.8 Å². The molecule has 138 valence electrons. The van der Waals surface area contributed by atoms with Gasteiger partial charge in [-0.2, -0.15) is 0 Å². The third-order valence-corrected chi connectivity index (χ3v) is 5.00. The Balaban J connectivity index is 1.46. The normalized spacial score (nSPS) is 14.2. The lowest BCUT2D eigenvalue weighted by Crippen LogP contribution is -2.15. The van der Waals surface area contributed by atoms with Crippen LogP contribution in [-0.2, 0) is 13.2 Å². The lowest BCUT2D eigenvalue weighted by molar-refractivity contribution is 0.306. The van der Waals surface area contributed by atoms with Crippen LogP contribution in [0.3, 0.4) is 0 Å². The number of hydrogen-bond acceptors (Lipinski definition) is 2. The molecule has 0 saturated heterocycles. The van der Waals surface area contributed by atoms with Gasteiger partial charge in [-0.25, -0.2) is 4.39 Å². The highest BCUT2D eigenvalue weighted by molar-refractivity contribution is 6.31. The van der Waals surface area contributed by atoms with Crippen LogP contribution in [0.2, 0.25) is 5.02 Å². The molecule has 1 aliphatic rings. The van der Waals surface area contributed by atoms with Gasteiger partial charge in [-0.05, 0) is 68.5 Å². The van der Waals surface area contributed by atoms with Crippen LogP contribution in [0.15, 0.2) is 54.1 Å². The fourth-order valence-electron chi connectivity index (χ4n) is 3.16. The van der Waals surface area contributed by atoms with Gasteiger partial charge >= 0.3 is 0 Å². The standard InChI is InChI=1S/C22H25ClFNO/c23-22-14-20(24)10-9-19(22)16-26-21-8-4-7-18(13-21)15-25-12-11-17-5-2-1-3-6-17/h4-5,7-10,13-14,25H,1-3,6,11-12,15-16H2. The molecule has 2 aromatic carbocycles. The first-order valence-electron chi connectivity index (χ1n) is 9.25. The van der Waals surface area contributed by atoms with Gasteiger partial charge in [0.25, 0.3) is 0 Å². The fraction of sp³-hybridized carbons (Fsp3) is 0.364. The highest BCUT2D eigenvalue weighted by Gasteiger charge is 2.05. The van der Waals surface area contributed by atoms with E-state index in [1.54, 1.807) is 11.6 Å². The summed E-state index contributed by atoms with van der Waals surface area (Å²) >= 11 is 6.04. The van der Waals surface area contributed by atoms with Crippen LogP contribution in [0.1, 0.15) is 43.2 Å². The molecule has 3 rings (SSSR count). The van der Waals surface area contributed by atoms with Crippen LogP contribution in [0.5, 0.6) is 5.75 Å². The summed E-state index contributed by atoms with van der Waals surface area (Å²) < 4.78 is 18.9. The molecule has 0 radical (unpaired) electrons. The van der Waals surface area contributed by atoms with Crippen molar-refractivity contribution in [2.75, 3.05) is 6.54 Å². The molecule has 0 unspecified atom stereocenters. The molecular formula is C22H25ClFNO. The second-order valence-corrected chi connectivity index (χ2v) is 7.11. The summed E-state index contributed by atoms with van der Waals surface area (Å²) in [5, 5.41) is 3.89. The van der Waals surface area contributed by atoms with Crippen molar-refractivity contribution in [3.63, 3.8) is 0 Å². The Labute approximate surface area is 160 Å². The van der Waals surface area contributed by atoms with Crippen molar-refractivity contribution in [3.05, 3.63) is 76.1 Å². The highest BCUT2D eigenvalue weighted by Crippen LogP contribution is 2.21. The maximum Gasteiger partial charge on any atom is 0.124 e. The lowest BCUT2D eigenvalue weighted by Gasteiger charge is -2.13. The van der Waals surface area contributed by atoms with Gasteiger partial charge in [0.1, 0.15) is 18.2 Å². The number of nitrogens with one attached hydrogen (secondary N) is 1. The highest BCUT2D eigenvalue weighted by atomic mass is 35.5. The maximum atomic E-state index is 13.1. The molecule has 2 aromatic rings. The van der Waals surface area contributed by atoms with E-state index in [-0.39, 0.29) is 5.82 Å². The quantitative estimate of drug-likeness (QED) is 0.450. The molecule has 2 nitrogen and oxygen atoms in total. The summed E-state index contributed by atoms with van der Waals surface area (Å²) in [4.78, 5) is 0. The first-order valence-corrected chi connectivity index (χ1v) is 9.63. The average molecular weight is 374 g/mol. The molecule has 0 saturated carbocycles. The van der Waals surface area contributed by atoms with Gasteiger partial charge in [-0.1, -0.05) is 41.4 Å². The molecule has 0 aromatic heterocycles. The zero-order valence-corrected chi connectivity index (χ0v) is 15.7. The summed E-state index contributed by atoms with van der Waals surface area (Å²) in [5.41, 5.74) is 3.56. The van der Waals surface area contributed by atoms with Crippen molar-refractivity contribution in [1.82, 2.24) is 5.32 Å². The van der Waals surface area contributed by atoms with E-state index >= 15 is 0 Å². The summed E-state index contributed by atoms with van der Waals surface area (Å²) in [6, 6.07) is 12.4. The number of benzene rings is 2. The van der Waals surface area contributed by atoms with Crippen LogP contribution < -0.4 is 10.1 Å². The van der Waals surface area contributed by atoms with Gasteiger partial charge < -0.3 is 10.1 Å². The number of ether oxygens (including phenoxy) is 1. The molecule has 0 heterocycles. The second-order valence-electron chi connectivity index (χ2n) is 6.71. The van der Waals surface area contributed by atoms with E-state index in [9.17, 15) is 4.39 Å². The molecular weight excluding hydrogens is 349 g/mol. The minimum Gasteiger partial charge on any atom is -0.489 e. The molecule has 0 aliphatic heterocycles. The monoisotopic (exact) mass is 373 g/mol. The van der Waals surface area contributed by atoms with E-state index in [0.29, 0.717) is 11.6 Å². The third-order valence-electron chi connectivity index (χ3n) is 4.64. The van der Waals surface area contributed by atoms with Crippen molar-refractivity contribution in [1.29, 1.82) is 0 Å². The summed E-state index contributed by atoms with van der Waals surface area (Å²) in [5.74, 6) is 0.454. The van der Waals surface area contributed by atoms with Gasteiger partial charge in [0.15, 0.2) is 0 Å². The largest absolute Gasteiger partial charge is 0.489 e. The lowest BCUT2D eigenvalue weighted by atomic mass is 9.97. The van der Waals surface area contributed by atoms with Crippen LogP contribution in [0.4, 0.5) is 4.39 Å². The third kappa shape index (κ3) is 5.86. The van der Waals surface area contributed by atoms with Crippen molar-refractivity contribution in [2.24, 2.45) is 0 Å². The Kier molecular flexibility index (Phi) is 7.10. The van der Waals surface area contributed by atoms with Crippen molar-refractivity contribution < 1.29 is 9.13 Å². The molecule has 0 spiro atoms. The minimum absolute atomic E-state index is 0.324. The summed E-state index contributed by atoms with van der Waals surface area (Å²) in [6.45, 7) is 2.15. The molecule has 0 amide bonds. The predicted molar refractivity (Wildman–Crippen MR) is 105 cm³/mol. The van der Waals surface area contributed by atoms with E-state index in [1.165, 1.54) is 43.4 Å². The van der Waals surface area contributed by atoms with E-state index in [1.807, 2.05) is 18.2 Å². The van der Waals surface area contributed by atoms with E-state index in [2.05, 4.69) is 17.5 Å². The molecule has 0 bridgehead atoms. The summed E-state index contributed by atoms with van der Waals surface area (Å²) in [7, 11) is 0. The zero-order valence-electron chi connectivity index (χ0n) is 14.9. The second kappa shape index (κ2) is 9.75. The minimum atomic E-state index is -0.337. The molecule has 0 fully saturated rings. The Bertz CT molecular complexity index is 760. The van der Waals surface area contributed by atoms with Gasteiger partial charge in [0.05, 0.1) is 5.02 Å².